The van der Waals surface area contributed by atoms with Gasteiger partial charge in [-0.25, -0.2) is 4.39 Å². The zero-order valence-electron chi connectivity index (χ0n) is 15.2. The van der Waals surface area contributed by atoms with Crippen LogP contribution in [0.25, 0.3) is 22.0 Å². The van der Waals surface area contributed by atoms with E-state index in [1.807, 2.05) is 24.3 Å². The number of thioether (sulfide) groups is 1. The summed E-state index contributed by atoms with van der Waals surface area (Å²) in [5.41, 5.74) is 1.50. The van der Waals surface area contributed by atoms with Crippen molar-refractivity contribution in [2.75, 3.05) is 18.9 Å². The molecule has 2 aromatic carbocycles. The van der Waals surface area contributed by atoms with Gasteiger partial charge in [0, 0.05) is 29.5 Å². The highest BCUT2D eigenvalue weighted by molar-refractivity contribution is 8.00. The maximum absolute atomic E-state index is 13.2. The Kier molecular flexibility index (Phi) is 5.83. The monoisotopic (exact) mass is 397 g/mol. The average Bonchev–Trinajstić information content (AvgIpc) is 3.25. The van der Waals surface area contributed by atoms with Crippen LogP contribution in [0.5, 0.6) is 0 Å². The van der Waals surface area contributed by atoms with Crippen LogP contribution in [-0.2, 0) is 9.53 Å². The molecule has 1 atom stereocenters. The minimum Gasteiger partial charge on any atom is -0.376 e. The van der Waals surface area contributed by atoms with Gasteiger partial charge in [-0.05, 0) is 37.1 Å². The summed E-state index contributed by atoms with van der Waals surface area (Å²) in [7, 11) is 0. The number of nitrogens with one attached hydrogen (secondary N) is 1. The molecule has 1 aliphatic heterocycles. The van der Waals surface area contributed by atoms with Crippen molar-refractivity contribution < 1.29 is 13.9 Å². The van der Waals surface area contributed by atoms with Crippen molar-refractivity contribution in [2.45, 2.75) is 24.0 Å². The smallest absolute Gasteiger partial charge is 0.230 e. The summed E-state index contributed by atoms with van der Waals surface area (Å²) >= 11 is 1.36. The Balaban J connectivity index is 1.49. The van der Waals surface area contributed by atoms with Gasteiger partial charge >= 0.3 is 0 Å². The van der Waals surface area contributed by atoms with Gasteiger partial charge in [0.05, 0.1) is 11.9 Å². The summed E-state index contributed by atoms with van der Waals surface area (Å²) in [6.45, 7) is 1.33. The number of carbonyl (C=O) groups is 1. The minimum absolute atomic E-state index is 0.0472. The molecule has 0 aliphatic carbocycles. The molecule has 28 heavy (non-hydrogen) atoms. The summed E-state index contributed by atoms with van der Waals surface area (Å²) in [6.07, 6.45) is 2.18. The van der Waals surface area contributed by atoms with Crippen molar-refractivity contribution >= 4 is 28.4 Å². The highest BCUT2D eigenvalue weighted by atomic mass is 32.2. The Morgan fingerprint density at radius 1 is 1.14 bits per heavy atom. The van der Waals surface area contributed by atoms with Crippen LogP contribution in [0.15, 0.2) is 53.6 Å². The molecule has 1 amide bonds. The van der Waals surface area contributed by atoms with E-state index in [0.717, 1.165) is 35.8 Å². The van der Waals surface area contributed by atoms with Crippen molar-refractivity contribution in [1.29, 1.82) is 0 Å². The fourth-order valence-electron chi connectivity index (χ4n) is 3.22. The highest BCUT2D eigenvalue weighted by Gasteiger charge is 2.17. The van der Waals surface area contributed by atoms with Gasteiger partial charge in [0.2, 0.25) is 5.91 Å². The SMILES string of the molecule is O=C(CSc1nnc(-c2ccc(F)cc2)c2ccccc12)NC[C@@H]1CCCO1. The number of fused-ring (bicyclic) bond motifs is 1. The molecule has 0 bridgehead atoms. The molecule has 2 heterocycles. The third-order valence-corrected chi connectivity index (χ3v) is 5.64. The lowest BCUT2D eigenvalue weighted by Crippen LogP contribution is -2.32. The number of halogens is 1. The Bertz CT molecular complexity index is 975. The number of amides is 1. The highest BCUT2D eigenvalue weighted by Crippen LogP contribution is 2.31. The Morgan fingerprint density at radius 3 is 2.68 bits per heavy atom. The molecular weight excluding hydrogens is 377 g/mol. The van der Waals surface area contributed by atoms with E-state index in [-0.39, 0.29) is 23.6 Å². The molecule has 0 unspecified atom stereocenters. The molecule has 1 N–H and O–H groups in total. The average molecular weight is 397 g/mol. The van der Waals surface area contributed by atoms with Crippen LogP contribution >= 0.6 is 11.8 Å². The van der Waals surface area contributed by atoms with Gasteiger partial charge in [-0.2, -0.15) is 0 Å². The van der Waals surface area contributed by atoms with Gasteiger partial charge in [0.15, 0.2) is 0 Å². The number of ether oxygens (including phenoxy) is 1. The molecular formula is C21H20FN3O2S. The number of hydrogen-bond donors (Lipinski definition) is 1. The van der Waals surface area contributed by atoms with E-state index in [1.54, 1.807) is 12.1 Å². The molecule has 7 heteroatoms. The zero-order chi connectivity index (χ0) is 19.3. The first-order chi connectivity index (χ1) is 13.7. The van der Waals surface area contributed by atoms with Gasteiger partial charge in [0.25, 0.3) is 0 Å². The number of rotatable bonds is 6. The lowest BCUT2D eigenvalue weighted by molar-refractivity contribution is -0.119. The van der Waals surface area contributed by atoms with E-state index >= 15 is 0 Å². The Morgan fingerprint density at radius 2 is 1.93 bits per heavy atom. The van der Waals surface area contributed by atoms with Crippen LogP contribution < -0.4 is 5.32 Å². The molecule has 0 radical (unpaired) electrons. The first kappa shape index (κ1) is 18.8. The fraction of sp³-hybridized carbons (Fsp3) is 0.286. The normalized spacial score (nSPS) is 16.4. The Hall–Kier alpha value is -2.51. The van der Waals surface area contributed by atoms with Gasteiger partial charge in [-0.1, -0.05) is 36.0 Å². The van der Waals surface area contributed by atoms with E-state index in [0.29, 0.717) is 17.3 Å². The summed E-state index contributed by atoms with van der Waals surface area (Å²) in [4.78, 5) is 12.2. The summed E-state index contributed by atoms with van der Waals surface area (Å²) in [6, 6.07) is 14.0. The van der Waals surface area contributed by atoms with Crippen molar-refractivity contribution in [3.8, 4) is 11.3 Å². The molecule has 144 valence electrons. The molecule has 1 fully saturated rings. The van der Waals surface area contributed by atoms with E-state index in [9.17, 15) is 9.18 Å². The van der Waals surface area contributed by atoms with Gasteiger partial charge < -0.3 is 10.1 Å². The molecule has 3 aromatic rings. The lowest BCUT2D eigenvalue weighted by Gasteiger charge is -2.11. The number of carbonyl (C=O) groups excluding carboxylic acids is 1. The number of aromatic nitrogens is 2. The second kappa shape index (κ2) is 8.67. The molecule has 0 spiro atoms. The maximum Gasteiger partial charge on any atom is 0.230 e. The summed E-state index contributed by atoms with van der Waals surface area (Å²) in [5, 5.41) is 14.1. The van der Waals surface area contributed by atoms with Crippen LogP contribution in [-0.4, -0.2) is 41.1 Å². The molecule has 4 rings (SSSR count). The van der Waals surface area contributed by atoms with Gasteiger partial charge in [0.1, 0.15) is 16.5 Å². The predicted octanol–water partition coefficient (Wildman–Crippen LogP) is 3.82. The molecule has 0 saturated carbocycles. The van der Waals surface area contributed by atoms with Crippen LogP contribution in [0.3, 0.4) is 0 Å². The first-order valence-corrected chi connectivity index (χ1v) is 10.2. The van der Waals surface area contributed by atoms with Crippen LogP contribution in [0.1, 0.15) is 12.8 Å². The predicted molar refractivity (Wildman–Crippen MR) is 108 cm³/mol. The summed E-state index contributed by atoms with van der Waals surface area (Å²) < 4.78 is 18.8. The van der Waals surface area contributed by atoms with Gasteiger partial charge in [-0.3, -0.25) is 4.79 Å². The van der Waals surface area contributed by atoms with E-state index in [2.05, 4.69) is 15.5 Å². The van der Waals surface area contributed by atoms with E-state index in [1.165, 1.54) is 23.9 Å². The largest absolute Gasteiger partial charge is 0.376 e. The second-order valence-electron chi connectivity index (χ2n) is 6.63. The maximum atomic E-state index is 13.2. The third-order valence-electron chi connectivity index (χ3n) is 4.66. The Labute approximate surface area is 166 Å². The van der Waals surface area contributed by atoms with Crippen molar-refractivity contribution in [2.24, 2.45) is 0 Å². The molecule has 1 saturated heterocycles. The van der Waals surface area contributed by atoms with Crippen molar-refractivity contribution in [3.63, 3.8) is 0 Å². The first-order valence-electron chi connectivity index (χ1n) is 9.23. The molecule has 1 aromatic heterocycles. The van der Waals surface area contributed by atoms with E-state index in [4.69, 9.17) is 4.74 Å². The van der Waals surface area contributed by atoms with Crippen LogP contribution in [0.2, 0.25) is 0 Å². The fourth-order valence-corrected chi connectivity index (χ4v) is 4.03. The topological polar surface area (TPSA) is 64.1 Å². The third kappa shape index (κ3) is 4.31. The standard InChI is InChI=1S/C21H20FN3O2S/c22-15-9-7-14(8-10-15)20-17-5-1-2-6-18(17)21(25-24-20)28-13-19(26)23-12-16-4-3-11-27-16/h1-2,5-10,16H,3-4,11-13H2,(H,23,26)/t16-/m0/s1. The van der Waals surface area contributed by atoms with E-state index < -0.39 is 0 Å². The lowest BCUT2D eigenvalue weighted by atomic mass is 10.1. The second-order valence-corrected chi connectivity index (χ2v) is 7.60. The molecule has 1 aliphatic rings. The minimum atomic E-state index is -0.290. The number of nitrogens with zero attached hydrogens (tertiary/aromatic N) is 2. The number of hydrogen-bond acceptors (Lipinski definition) is 5. The number of benzene rings is 2. The molecule has 5 nitrogen and oxygen atoms in total. The van der Waals surface area contributed by atoms with Crippen molar-refractivity contribution in [3.05, 3.63) is 54.3 Å². The zero-order valence-corrected chi connectivity index (χ0v) is 16.0. The quantitative estimate of drug-likeness (QED) is 0.641. The van der Waals surface area contributed by atoms with Crippen LogP contribution in [0.4, 0.5) is 4.39 Å². The van der Waals surface area contributed by atoms with Gasteiger partial charge in [-0.15, -0.1) is 10.2 Å². The van der Waals surface area contributed by atoms with Crippen LogP contribution in [0, 0.1) is 5.82 Å². The van der Waals surface area contributed by atoms with Crippen molar-refractivity contribution in [1.82, 2.24) is 15.5 Å². The summed E-state index contributed by atoms with van der Waals surface area (Å²) in [5.74, 6) is -0.0717.